The topological polar surface area (TPSA) is 44.0 Å². The number of hydrogen-bond donors (Lipinski definition) is 1. The van der Waals surface area contributed by atoms with Crippen LogP contribution in [0.1, 0.15) is 25.7 Å². The van der Waals surface area contributed by atoms with Crippen LogP contribution in [0.15, 0.2) is 0 Å². The smallest absolute Gasteiger partial charge is 0.0698 e. The summed E-state index contributed by atoms with van der Waals surface area (Å²) in [4.78, 5) is 0. The Morgan fingerprint density at radius 1 is 1.67 bits per heavy atom. The van der Waals surface area contributed by atoms with E-state index in [0.717, 1.165) is 12.8 Å². The first-order valence-corrected chi connectivity index (χ1v) is 3.39. The molecular formula is C7H11NO. The van der Waals surface area contributed by atoms with Crippen LogP contribution < -0.4 is 0 Å². The van der Waals surface area contributed by atoms with E-state index in [1.807, 2.05) is 6.07 Å². The van der Waals surface area contributed by atoms with Gasteiger partial charge in [-0.05, 0) is 18.8 Å². The van der Waals surface area contributed by atoms with Crippen molar-refractivity contribution in [2.75, 3.05) is 0 Å². The van der Waals surface area contributed by atoms with E-state index in [4.69, 9.17) is 10.4 Å². The van der Waals surface area contributed by atoms with Crippen molar-refractivity contribution < 1.29 is 5.11 Å². The summed E-state index contributed by atoms with van der Waals surface area (Å²) in [5.74, 6) is 0.435. The number of aliphatic hydroxyl groups is 1. The van der Waals surface area contributed by atoms with Gasteiger partial charge in [0.25, 0.3) is 0 Å². The maximum atomic E-state index is 9.15. The highest BCUT2D eigenvalue weighted by Crippen LogP contribution is 2.30. The highest BCUT2D eigenvalue weighted by molar-refractivity contribution is 4.84. The first kappa shape index (κ1) is 6.57. The van der Waals surface area contributed by atoms with Crippen molar-refractivity contribution in [3.05, 3.63) is 0 Å². The third kappa shape index (κ3) is 1.43. The molecule has 1 atom stereocenters. The van der Waals surface area contributed by atoms with Crippen molar-refractivity contribution in [2.24, 2.45) is 5.92 Å². The molecule has 50 valence electrons. The summed E-state index contributed by atoms with van der Waals surface area (Å²) < 4.78 is 0. The van der Waals surface area contributed by atoms with E-state index in [2.05, 4.69) is 0 Å². The minimum atomic E-state index is -0.344. The van der Waals surface area contributed by atoms with Crippen molar-refractivity contribution in [1.82, 2.24) is 0 Å². The largest absolute Gasteiger partial charge is 0.392 e. The SMILES string of the molecule is N#CCC(O)C1CCC1. The average molecular weight is 125 g/mol. The van der Waals surface area contributed by atoms with Crippen LogP contribution in [0.25, 0.3) is 0 Å². The minimum absolute atomic E-state index is 0.310. The summed E-state index contributed by atoms with van der Waals surface area (Å²) in [6, 6.07) is 1.97. The molecule has 1 unspecified atom stereocenters. The molecule has 1 aliphatic carbocycles. The second kappa shape index (κ2) is 2.84. The van der Waals surface area contributed by atoms with Gasteiger partial charge in [0, 0.05) is 0 Å². The van der Waals surface area contributed by atoms with E-state index in [9.17, 15) is 0 Å². The summed E-state index contributed by atoms with van der Waals surface area (Å²) in [6.45, 7) is 0. The van der Waals surface area contributed by atoms with Crippen LogP contribution in [-0.2, 0) is 0 Å². The van der Waals surface area contributed by atoms with E-state index in [1.165, 1.54) is 6.42 Å². The van der Waals surface area contributed by atoms with Crippen molar-refractivity contribution in [1.29, 1.82) is 5.26 Å². The van der Waals surface area contributed by atoms with Crippen LogP contribution in [-0.4, -0.2) is 11.2 Å². The maximum Gasteiger partial charge on any atom is 0.0698 e. The number of hydrogen-bond acceptors (Lipinski definition) is 2. The van der Waals surface area contributed by atoms with Gasteiger partial charge in [0.15, 0.2) is 0 Å². The summed E-state index contributed by atoms with van der Waals surface area (Å²) in [5, 5.41) is 17.3. The van der Waals surface area contributed by atoms with Gasteiger partial charge in [-0.25, -0.2) is 0 Å². The van der Waals surface area contributed by atoms with Gasteiger partial charge in [0.05, 0.1) is 18.6 Å². The van der Waals surface area contributed by atoms with Crippen LogP contribution in [0.5, 0.6) is 0 Å². The highest BCUT2D eigenvalue weighted by atomic mass is 16.3. The quantitative estimate of drug-likeness (QED) is 0.599. The second-order valence-corrected chi connectivity index (χ2v) is 2.62. The summed E-state index contributed by atoms with van der Waals surface area (Å²) in [6.07, 6.45) is 3.42. The molecule has 1 rings (SSSR count). The van der Waals surface area contributed by atoms with E-state index < -0.39 is 0 Å². The molecule has 0 aliphatic heterocycles. The molecule has 2 heteroatoms. The third-order valence-corrected chi connectivity index (χ3v) is 1.99. The average Bonchev–Trinajstić information content (AvgIpc) is 1.60. The molecule has 9 heavy (non-hydrogen) atoms. The predicted molar refractivity (Wildman–Crippen MR) is 33.6 cm³/mol. The first-order chi connectivity index (χ1) is 4.34. The Balaban J connectivity index is 2.17. The zero-order valence-corrected chi connectivity index (χ0v) is 5.38. The monoisotopic (exact) mass is 125 g/mol. The van der Waals surface area contributed by atoms with Gasteiger partial charge in [0.2, 0.25) is 0 Å². The molecule has 0 spiro atoms. The molecule has 1 fully saturated rings. The van der Waals surface area contributed by atoms with Crippen molar-refractivity contribution in [2.45, 2.75) is 31.8 Å². The molecule has 1 aliphatic rings. The first-order valence-electron chi connectivity index (χ1n) is 3.39. The Kier molecular flexibility index (Phi) is 2.07. The fraction of sp³-hybridized carbons (Fsp3) is 0.857. The zero-order chi connectivity index (χ0) is 6.69. The molecule has 0 aromatic rings. The molecule has 0 amide bonds. The number of nitrogens with zero attached hydrogens (tertiary/aromatic N) is 1. The van der Waals surface area contributed by atoms with Gasteiger partial charge >= 0.3 is 0 Å². The molecule has 2 nitrogen and oxygen atoms in total. The Morgan fingerprint density at radius 3 is 2.67 bits per heavy atom. The Bertz CT molecular complexity index is 123. The van der Waals surface area contributed by atoms with E-state index in [-0.39, 0.29) is 6.10 Å². The van der Waals surface area contributed by atoms with Gasteiger partial charge in [0.1, 0.15) is 0 Å². The maximum absolute atomic E-state index is 9.15. The van der Waals surface area contributed by atoms with Gasteiger partial charge in [-0.1, -0.05) is 6.42 Å². The van der Waals surface area contributed by atoms with Crippen molar-refractivity contribution in [3.8, 4) is 6.07 Å². The fourth-order valence-corrected chi connectivity index (χ4v) is 1.08. The molecule has 1 saturated carbocycles. The van der Waals surface area contributed by atoms with Gasteiger partial charge in [-0.2, -0.15) is 5.26 Å². The summed E-state index contributed by atoms with van der Waals surface area (Å²) in [7, 11) is 0. The molecule has 0 aromatic carbocycles. The molecule has 1 N–H and O–H groups in total. The molecular weight excluding hydrogens is 114 g/mol. The van der Waals surface area contributed by atoms with Crippen molar-refractivity contribution in [3.63, 3.8) is 0 Å². The lowest BCUT2D eigenvalue weighted by molar-refractivity contribution is 0.0665. The normalized spacial score (nSPS) is 22.2. The summed E-state index contributed by atoms with van der Waals surface area (Å²) in [5.41, 5.74) is 0. The lowest BCUT2D eigenvalue weighted by atomic mass is 9.80. The van der Waals surface area contributed by atoms with Crippen LogP contribution >= 0.6 is 0 Å². The zero-order valence-electron chi connectivity index (χ0n) is 5.38. The fourth-order valence-electron chi connectivity index (χ4n) is 1.08. The molecule has 0 aromatic heterocycles. The Labute approximate surface area is 55.1 Å². The lowest BCUT2D eigenvalue weighted by Crippen LogP contribution is -2.25. The standard InChI is InChI=1S/C7H11NO/c8-5-4-7(9)6-2-1-3-6/h6-7,9H,1-4H2. The van der Waals surface area contributed by atoms with E-state index in [1.54, 1.807) is 0 Å². The Morgan fingerprint density at radius 2 is 2.33 bits per heavy atom. The molecule has 0 bridgehead atoms. The number of aliphatic hydroxyl groups excluding tert-OH is 1. The second-order valence-electron chi connectivity index (χ2n) is 2.62. The lowest BCUT2D eigenvalue weighted by Gasteiger charge is -2.28. The number of rotatable bonds is 2. The van der Waals surface area contributed by atoms with E-state index >= 15 is 0 Å². The van der Waals surface area contributed by atoms with Crippen LogP contribution in [0.2, 0.25) is 0 Å². The molecule has 0 heterocycles. The van der Waals surface area contributed by atoms with Gasteiger partial charge in [-0.3, -0.25) is 0 Å². The van der Waals surface area contributed by atoms with Gasteiger partial charge in [-0.15, -0.1) is 0 Å². The minimum Gasteiger partial charge on any atom is -0.392 e. The Hall–Kier alpha value is -0.550. The summed E-state index contributed by atoms with van der Waals surface area (Å²) >= 11 is 0. The van der Waals surface area contributed by atoms with E-state index in [0.29, 0.717) is 12.3 Å². The third-order valence-electron chi connectivity index (χ3n) is 1.99. The molecule has 0 radical (unpaired) electrons. The van der Waals surface area contributed by atoms with Gasteiger partial charge < -0.3 is 5.11 Å². The van der Waals surface area contributed by atoms with Crippen LogP contribution in [0, 0.1) is 17.2 Å². The molecule has 0 saturated heterocycles. The number of nitriles is 1. The van der Waals surface area contributed by atoms with Crippen molar-refractivity contribution >= 4 is 0 Å². The predicted octanol–water partition coefficient (Wildman–Crippen LogP) is 1.06. The highest BCUT2D eigenvalue weighted by Gasteiger charge is 2.24. The van der Waals surface area contributed by atoms with Crippen LogP contribution in [0.4, 0.5) is 0 Å². The van der Waals surface area contributed by atoms with Crippen LogP contribution in [0.3, 0.4) is 0 Å².